The Morgan fingerprint density at radius 1 is 0.972 bits per heavy atom. The number of hydrogen-bond donors (Lipinski definition) is 0. The van der Waals surface area contributed by atoms with E-state index in [9.17, 15) is 4.79 Å². The van der Waals surface area contributed by atoms with E-state index in [2.05, 4.69) is 35.6 Å². The molecule has 1 fully saturated rings. The summed E-state index contributed by atoms with van der Waals surface area (Å²) in [6, 6.07) is 13.7. The lowest BCUT2D eigenvalue weighted by Crippen LogP contribution is -2.51. The van der Waals surface area contributed by atoms with Crippen LogP contribution in [0.1, 0.15) is 60.6 Å². The summed E-state index contributed by atoms with van der Waals surface area (Å²) < 4.78 is 8.05. The Hall–Kier alpha value is -2.47. The van der Waals surface area contributed by atoms with Gasteiger partial charge in [0.1, 0.15) is 5.75 Å². The molecule has 5 rings (SSSR count). The molecule has 2 aromatic carbocycles. The van der Waals surface area contributed by atoms with E-state index in [4.69, 9.17) is 27.9 Å². The minimum absolute atomic E-state index is 0.0836. The maximum absolute atomic E-state index is 13.9. The van der Waals surface area contributed by atoms with Gasteiger partial charge in [-0.3, -0.25) is 9.80 Å². The molecule has 1 amide bonds. The largest absolute Gasteiger partial charge is 0.494 e. The fourth-order valence-corrected chi connectivity index (χ4v) is 5.91. The van der Waals surface area contributed by atoms with Crippen LogP contribution < -0.4 is 4.74 Å². The highest BCUT2D eigenvalue weighted by Crippen LogP contribution is 2.40. The number of amides is 1. The smallest absolute Gasteiger partial charge is 0.270 e. The van der Waals surface area contributed by atoms with Gasteiger partial charge in [0.15, 0.2) is 0 Å². The van der Waals surface area contributed by atoms with E-state index in [-0.39, 0.29) is 5.91 Å². The molecule has 3 heterocycles. The van der Waals surface area contributed by atoms with Gasteiger partial charge >= 0.3 is 0 Å². The van der Waals surface area contributed by atoms with Gasteiger partial charge in [0.2, 0.25) is 0 Å². The van der Waals surface area contributed by atoms with E-state index in [1.54, 1.807) is 6.07 Å². The number of carbonyl (C=O) groups excluding carboxylic acids is 1. The van der Waals surface area contributed by atoms with Gasteiger partial charge in [0.25, 0.3) is 5.91 Å². The van der Waals surface area contributed by atoms with Crippen LogP contribution in [0, 0.1) is 6.92 Å². The van der Waals surface area contributed by atoms with Crippen LogP contribution in [-0.2, 0) is 6.42 Å². The van der Waals surface area contributed by atoms with Crippen molar-refractivity contribution in [1.29, 1.82) is 0 Å². The molecule has 190 valence electrons. The Morgan fingerprint density at radius 2 is 1.72 bits per heavy atom. The highest BCUT2D eigenvalue weighted by atomic mass is 35.5. The second kappa shape index (κ2) is 10.9. The van der Waals surface area contributed by atoms with Crippen molar-refractivity contribution in [2.24, 2.45) is 0 Å². The standard InChI is InChI=1S/C29H33Cl2N3O2/c1-3-4-18-36-23-11-8-21(9-12-23)28-20(2)27-26(34(28)25-13-10-22(30)19-24(25)31)14-17-33(29(27)35)32-15-6-5-7-16-32/h8-13,19H,3-7,14-18H2,1-2H3. The zero-order chi connectivity index (χ0) is 25.2. The molecule has 0 saturated carbocycles. The van der Waals surface area contributed by atoms with Crippen molar-refractivity contribution in [1.82, 2.24) is 14.6 Å². The van der Waals surface area contributed by atoms with E-state index < -0.39 is 0 Å². The van der Waals surface area contributed by atoms with Crippen molar-refractivity contribution >= 4 is 29.1 Å². The average Bonchev–Trinajstić information content (AvgIpc) is 3.18. The maximum Gasteiger partial charge on any atom is 0.270 e. The molecule has 2 aliphatic heterocycles. The zero-order valence-corrected chi connectivity index (χ0v) is 22.5. The van der Waals surface area contributed by atoms with Crippen molar-refractivity contribution < 1.29 is 9.53 Å². The van der Waals surface area contributed by atoms with Crippen LogP contribution in [0.4, 0.5) is 0 Å². The number of ether oxygens (including phenoxy) is 1. The molecule has 0 atom stereocenters. The van der Waals surface area contributed by atoms with E-state index in [0.717, 1.165) is 84.7 Å². The summed E-state index contributed by atoms with van der Waals surface area (Å²) in [5, 5.41) is 5.36. The first-order valence-electron chi connectivity index (χ1n) is 13.0. The SMILES string of the molecule is CCCCOc1ccc(-c2c(C)c3c(n2-c2ccc(Cl)cc2Cl)CCN(N2CCCCC2)C3=O)cc1. The third-order valence-corrected chi connectivity index (χ3v) is 7.78. The summed E-state index contributed by atoms with van der Waals surface area (Å²) in [5.74, 6) is 0.935. The van der Waals surface area contributed by atoms with Gasteiger partial charge in [-0.25, -0.2) is 5.01 Å². The lowest BCUT2D eigenvalue weighted by atomic mass is 10.0. The van der Waals surface area contributed by atoms with Crippen molar-refractivity contribution in [3.63, 3.8) is 0 Å². The van der Waals surface area contributed by atoms with Crippen LogP contribution in [0.25, 0.3) is 16.9 Å². The first kappa shape index (κ1) is 25.2. The summed E-state index contributed by atoms with van der Waals surface area (Å²) in [5.41, 5.74) is 5.61. The number of carbonyl (C=O) groups is 1. The molecule has 0 spiro atoms. The minimum Gasteiger partial charge on any atom is -0.494 e. The fourth-order valence-electron chi connectivity index (χ4n) is 5.42. The number of nitrogens with zero attached hydrogens (tertiary/aromatic N) is 3. The first-order valence-corrected chi connectivity index (χ1v) is 13.7. The molecule has 2 aliphatic rings. The molecular formula is C29H33Cl2N3O2. The van der Waals surface area contributed by atoms with E-state index in [0.29, 0.717) is 23.2 Å². The summed E-state index contributed by atoms with van der Waals surface area (Å²) in [7, 11) is 0. The Kier molecular flexibility index (Phi) is 7.61. The van der Waals surface area contributed by atoms with Gasteiger partial charge in [-0.15, -0.1) is 0 Å². The summed E-state index contributed by atoms with van der Waals surface area (Å²) in [6.45, 7) is 7.47. The summed E-state index contributed by atoms with van der Waals surface area (Å²) >= 11 is 13.0. The number of fused-ring (bicyclic) bond motifs is 1. The van der Waals surface area contributed by atoms with Crippen LogP contribution >= 0.6 is 23.2 Å². The molecule has 0 radical (unpaired) electrons. The quantitative estimate of drug-likeness (QED) is 0.303. The lowest BCUT2D eigenvalue weighted by molar-refractivity contribution is -0.0237. The second-order valence-corrected chi connectivity index (χ2v) is 10.5. The molecular weight excluding hydrogens is 493 g/mol. The maximum atomic E-state index is 13.9. The highest BCUT2D eigenvalue weighted by molar-refractivity contribution is 6.35. The van der Waals surface area contributed by atoms with E-state index in [1.165, 1.54) is 6.42 Å². The number of piperidine rings is 1. The third kappa shape index (κ3) is 4.77. The Labute approximate surface area is 223 Å². The molecule has 1 saturated heterocycles. The molecule has 7 heteroatoms. The molecule has 0 N–H and O–H groups in total. The average molecular weight is 527 g/mol. The number of rotatable bonds is 7. The summed E-state index contributed by atoms with van der Waals surface area (Å²) in [6.07, 6.45) is 6.39. The highest BCUT2D eigenvalue weighted by Gasteiger charge is 2.36. The van der Waals surface area contributed by atoms with Crippen LogP contribution in [0.5, 0.6) is 5.75 Å². The normalized spacial score (nSPS) is 16.3. The van der Waals surface area contributed by atoms with Gasteiger partial charge in [-0.2, -0.15) is 0 Å². The van der Waals surface area contributed by atoms with Crippen molar-refractivity contribution in [3.8, 4) is 22.7 Å². The number of hydrogen-bond acceptors (Lipinski definition) is 3. The molecule has 3 aromatic rings. The molecule has 36 heavy (non-hydrogen) atoms. The monoisotopic (exact) mass is 525 g/mol. The van der Waals surface area contributed by atoms with E-state index >= 15 is 0 Å². The second-order valence-electron chi connectivity index (χ2n) is 9.65. The molecule has 0 unspecified atom stereocenters. The van der Waals surface area contributed by atoms with Crippen LogP contribution in [-0.4, -0.2) is 46.7 Å². The first-order chi connectivity index (χ1) is 17.5. The number of halogens is 2. The molecule has 5 nitrogen and oxygen atoms in total. The Bertz CT molecular complexity index is 1250. The van der Waals surface area contributed by atoms with Gasteiger partial charge in [0.05, 0.1) is 28.6 Å². The molecule has 0 aliphatic carbocycles. The third-order valence-electron chi connectivity index (χ3n) is 7.24. The minimum atomic E-state index is 0.0836. The molecule has 0 bridgehead atoms. The topological polar surface area (TPSA) is 37.7 Å². The van der Waals surface area contributed by atoms with Crippen LogP contribution in [0.15, 0.2) is 42.5 Å². The number of benzene rings is 2. The fraction of sp³-hybridized carbons (Fsp3) is 0.414. The van der Waals surface area contributed by atoms with Crippen molar-refractivity contribution in [3.05, 3.63) is 69.3 Å². The Balaban J connectivity index is 1.61. The van der Waals surface area contributed by atoms with Crippen LogP contribution in [0.3, 0.4) is 0 Å². The van der Waals surface area contributed by atoms with Gasteiger partial charge in [0, 0.05) is 36.8 Å². The predicted molar refractivity (Wildman–Crippen MR) is 147 cm³/mol. The van der Waals surface area contributed by atoms with Crippen LogP contribution in [0.2, 0.25) is 10.0 Å². The van der Waals surface area contributed by atoms with Gasteiger partial charge in [-0.05, 0) is 79.8 Å². The summed E-state index contributed by atoms with van der Waals surface area (Å²) in [4.78, 5) is 13.9. The number of unbranched alkanes of at least 4 members (excludes halogenated alkanes) is 1. The van der Waals surface area contributed by atoms with Gasteiger partial charge < -0.3 is 9.30 Å². The number of hydrazine groups is 1. The van der Waals surface area contributed by atoms with Crippen molar-refractivity contribution in [2.75, 3.05) is 26.2 Å². The predicted octanol–water partition coefficient (Wildman–Crippen LogP) is 7.34. The number of aromatic nitrogens is 1. The zero-order valence-electron chi connectivity index (χ0n) is 21.0. The van der Waals surface area contributed by atoms with Crippen molar-refractivity contribution in [2.45, 2.75) is 52.4 Å². The van der Waals surface area contributed by atoms with E-state index in [1.807, 2.05) is 29.3 Å². The molecule has 1 aromatic heterocycles. The lowest BCUT2D eigenvalue weighted by Gasteiger charge is -2.39. The Morgan fingerprint density at radius 3 is 2.42 bits per heavy atom. The van der Waals surface area contributed by atoms with Gasteiger partial charge in [-0.1, -0.05) is 43.0 Å².